The molecule has 4 rings (SSSR count). The fourth-order valence-electron chi connectivity index (χ4n) is 2.83. The van der Waals surface area contributed by atoms with Crippen LogP contribution in [0.5, 0.6) is 0 Å². The number of nitrogens with one attached hydrogen (secondary N) is 1. The lowest BCUT2D eigenvalue weighted by molar-refractivity contribution is -0.125. The van der Waals surface area contributed by atoms with Gasteiger partial charge in [-0.1, -0.05) is 18.2 Å². The molecule has 0 aliphatic rings. The summed E-state index contributed by atoms with van der Waals surface area (Å²) in [5.41, 5.74) is 0.972. The molecular weight excluding hydrogens is 409 g/mol. The predicted octanol–water partition coefficient (Wildman–Crippen LogP) is 4.52. The Labute approximate surface area is 173 Å². The summed E-state index contributed by atoms with van der Waals surface area (Å²) < 4.78 is 14.5. The number of likely N-dealkylation sites (N-methyl/N-ethyl adjacent to an activating group) is 1. The normalized spacial score (nSPS) is 11.4. The summed E-state index contributed by atoms with van der Waals surface area (Å²) in [4.78, 5) is 34.7. The molecule has 1 amide bonds. The highest BCUT2D eigenvalue weighted by Gasteiger charge is 2.11. The number of halogens is 1. The second-order valence-electron chi connectivity index (χ2n) is 6.36. The van der Waals surface area contributed by atoms with E-state index < -0.39 is 0 Å². The smallest absolute Gasteiger partial charge is 0.268 e. The monoisotopic (exact) mass is 425 g/mol. The van der Waals surface area contributed by atoms with Crippen molar-refractivity contribution in [2.45, 2.75) is 6.54 Å². The predicted molar refractivity (Wildman–Crippen MR) is 115 cm³/mol. The number of amides is 1. The van der Waals surface area contributed by atoms with Gasteiger partial charge in [-0.05, 0) is 35.7 Å². The van der Waals surface area contributed by atoms with E-state index in [9.17, 15) is 14.0 Å². The van der Waals surface area contributed by atoms with Crippen molar-refractivity contribution < 1.29 is 9.18 Å². The van der Waals surface area contributed by atoms with Gasteiger partial charge in [-0.3, -0.25) is 9.59 Å². The molecular formula is C21H16FN3O2S2. The Morgan fingerprint density at radius 2 is 2.07 bits per heavy atom. The molecule has 3 heterocycles. The molecule has 0 spiro atoms. The number of nitrogens with zero attached hydrogens (tertiary/aromatic N) is 2. The fraction of sp³-hybridized carbons (Fsp3) is 0.0952. The summed E-state index contributed by atoms with van der Waals surface area (Å²) in [5.74, 6) is -0.0632. The molecule has 3 aromatic heterocycles. The standard InChI is InChI=1S/C21H16FN3O2S2/c1-25(12-18-23-16-10-11-28-20(16)21(27)24-18)19(26)9-7-13-6-8-17(29-13)14-4-2-3-5-15(14)22/h2-11H,12H2,1H3,(H,23,24,27)/b9-7+. The van der Waals surface area contributed by atoms with E-state index in [1.807, 2.05) is 17.5 Å². The van der Waals surface area contributed by atoms with Crippen LogP contribution in [0.25, 0.3) is 26.7 Å². The fourth-order valence-corrected chi connectivity index (χ4v) is 4.49. The SMILES string of the molecule is CN(Cc1nc2ccsc2c(=O)[nH]1)C(=O)/C=C/c1ccc(-c2ccccc2F)s1. The number of rotatable bonds is 5. The van der Waals surface area contributed by atoms with Crippen LogP contribution in [0, 0.1) is 5.82 Å². The lowest BCUT2D eigenvalue weighted by Gasteiger charge is -2.14. The first-order chi connectivity index (χ1) is 14.0. The van der Waals surface area contributed by atoms with Crippen molar-refractivity contribution in [3.8, 4) is 10.4 Å². The van der Waals surface area contributed by atoms with E-state index in [0.717, 1.165) is 9.75 Å². The summed E-state index contributed by atoms with van der Waals surface area (Å²) >= 11 is 2.74. The molecule has 0 aliphatic carbocycles. The van der Waals surface area contributed by atoms with Gasteiger partial charge in [-0.15, -0.1) is 22.7 Å². The van der Waals surface area contributed by atoms with E-state index in [0.29, 0.717) is 21.6 Å². The molecule has 0 fully saturated rings. The number of carbonyl (C=O) groups excluding carboxylic acids is 1. The van der Waals surface area contributed by atoms with E-state index in [1.165, 1.54) is 39.7 Å². The van der Waals surface area contributed by atoms with Crippen molar-refractivity contribution in [1.82, 2.24) is 14.9 Å². The largest absolute Gasteiger partial charge is 0.335 e. The van der Waals surface area contributed by atoms with Gasteiger partial charge < -0.3 is 9.88 Å². The zero-order valence-electron chi connectivity index (χ0n) is 15.4. The van der Waals surface area contributed by atoms with Crippen LogP contribution in [0.15, 0.2) is 58.7 Å². The Hall–Kier alpha value is -3.10. The lowest BCUT2D eigenvalue weighted by Crippen LogP contribution is -2.26. The quantitative estimate of drug-likeness (QED) is 0.478. The molecule has 1 N–H and O–H groups in total. The third kappa shape index (κ3) is 4.18. The number of aromatic amines is 1. The van der Waals surface area contributed by atoms with E-state index >= 15 is 0 Å². The number of thiophene rings is 2. The average Bonchev–Trinajstić information content (AvgIpc) is 3.36. The molecule has 0 radical (unpaired) electrons. The van der Waals surface area contributed by atoms with Crippen LogP contribution in [0.1, 0.15) is 10.7 Å². The molecule has 0 atom stereocenters. The molecule has 5 nitrogen and oxygen atoms in total. The number of fused-ring (bicyclic) bond motifs is 1. The van der Waals surface area contributed by atoms with Gasteiger partial charge in [-0.2, -0.15) is 0 Å². The summed E-state index contributed by atoms with van der Waals surface area (Å²) in [6, 6.07) is 12.1. The van der Waals surface area contributed by atoms with Gasteiger partial charge >= 0.3 is 0 Å². The Balaban J connectivity index is 1.45. The molecule has 0 aliphatic heterocycles. The molecule has 0 saturated carbocycles. The van der Waals surface area contributed by atoms with E-state index in [-0.39, 0.29) is 23.8 Å². The number of H-pyrrole nitrogens is 1. The van der Waals surface area contributed by atoms with Crippen LogP contribution < -0.4 is 5.56 Å². The third-order valence-corrected chi connectivity index (χ3v) is 6.27. The van der Waals surface area contributed by atoms with Crippen LogP contribution in [-0.2, 0) is 11.3 Å². The Morgan fingerprint density at radius 1 is 1.24 bits per heavy atom. The molecule has 0 saturated heterocycles. The van der Waals surface area contributed by atoms with E-state index in [2.05, 4.69) is 9.97 Å². The number of aromatic nitrogens is 2. The molecule has 29 heavy (non-hydrogen) atoms. The van der Waals surface area contributed by atoms with Gasteiger partial charge in [0.05, 0.1) is 12.1 Å². The highest BCUT2D eigenvalue weighted by Crippen LogP contribution is 2.30. The zero-order chi connectivity index (χ0) is 20.4. The minimum Gasteiger partial charge on any atom is -0.335 e. The minimum atomic E-state index is -0.273. The van der Waals surface area contributed by atoms with Crippen LogP contribution in [0.3, 0.4) is 0 Å². The maximum atomic E-state index is 13.9. The van der Waals surface area contributed by atoms with Crippen molar-refractivity contribution >= 4 is 44.9 Å². The van der Waals surface area contributed by atoms with Crippen molar-refractivity contribution in [2.75, 3.05) is 7.05 Å². The van der Waals surface area contributed by atoms with Crippen LogP contribution in [0.4, 0.5) is 4.39 Å². The van der Waals surface area contributed by atoms with Gasteiger partial charge in [0.25, 0.3) is 5.56 Å². The Kier molecular flexibility index (Phi) is 5.37. The van der Waals surface area contributed by atoms with Crippen LogP contribution in [-0.4, -0.2) is 27.8 Å². The number of benzene rings is 1. The maximum Gasteiger partial charge on any atom is 0.268 e. The lowest BCUT2D eigenvalue weighted by atomic mass is 10.2. The first kappa shape index (κ1) is 19.2. The third-order valence-electron chi connectivity index (χ3n) is 4.28. The Bertz CT molecular complexity index is 1270. The number of carbonyl (C=O) groups is 1. The van der Waals surface area contributed by atoms with Gasteiger partial charge in [0.15, 0.2) is 0 Å². The molecule has 146 valence electrons. The van der Waals surface area contributed by atoms with Crippen molar-refractivity contribution in [3.63, 3.8) is 0 Å². The van der Waals surface area contributed by atoms with Crippen molar-refractivity contribution in [3.05, 3.63) is 80.8 Å². The molecule has 8 heteroatoms. The number of hydrogen-bond donors (Lipinski definition) is 1. The summed E-state index contributed by atoms with van der Waals surface area (Å²) in [5, 5.41) is 1.81. The van der Waals surface area contributed by atoms with Crippen molar-refractivity contribution in [1.29, 1.82) is 0 Å². The summed E-state index contributed by atoms with van der Waals surface area (Å²) in [6.45, 7) is 0.190. The van der Waals surface area contributed by atoms with E-state index in [1.54, 1.807) is 37.4 Å². The molecule has 0 unspecified atom stereocenters. The van der Waals surface area contributed by atoms with Gasteiger partial charge in [0.2, 0.25) is 5.91 Å². The van der Waals surface area contributed by atoms with Crippen molar-refractivity contribution in [2.24, 2.45) is 0 Å². The van der Waals surface area contributed by atoms with Gasteiger partial charge in [0.1, 0.15) is 16.3 Å². The van der Waals surface area contributed by atoms with Crippen LogP contribution >= 0.6 is 22.7 Å². The van der Waals surface area contributed by atoms with Gasteiger partial charge in [-0.25, -0.2) is 9.37 Å². The van der Waals surface area contributed by atoms with E-state index in [4.69, 9.17) is 0 Å². The Morgan fingerprint density at radius 3 is 2.90 bits per heavy atom. The topological polar surface area (TPSA) is 66.1 Å². The molecule has 4 aromatic rings. The minimum absolute atomic E-state index is 0.190. The van der Waals surface area contributed by atoms with Crippen LogP contribution in [0.2, 0.25) is 0 Å². The van der Waals surface area contributed by atoms with Gasteiger partial charge in [0, 0.05) is 28.4 Å². The molecule has 0 bridgehead atoms. The second-order valence-corrected chi connectivity index (χ2v) is 8.39. The first-order valence-corrected chi connectivity index (χ1v) is 10.4. The maximum absolute atomic E-state index is 13.9. The summed E-state index contributed by atoms with van der Waals surface area (Å²) in [6.07, 6.45) is 3.16. The average molecular weight is 426 g/mol. The highest BCUT2D eigenvalue weighted by atomic mass is 32.1. The zero-order valence-corrected chi connectivity index (χ0v) is 17.0. The molecule has 1 aromatic carbocycles. The number of hydrogen-bond acceptors (Lipinski definition) is 5. The first-order valence-electron chi connectivity index (χ1n) is 8.75. The second kappa shape index (κ2) is 8.10. The highest BCUT2D eigenvalue weighted by molar-refractivity contribution is 7.17. The summed E-state index contributed by atoms with van der Waals surface area (Å²) in [7, 11) is 1.64.